The van der Waals surface area contributed by atoms with Gasteiger partial charge in [0.25, 0.3) is 11.8 Å². The molecule has 9 nitrogen and oxygen atoms in total. The molecule has 0 bridgehead atoms. The Balaban J connectivity index is 1.39. The maximum Gasteiger partial charge on any atom is 0.289 e. The molecule has 1 fully saturated rings. The average molecular weight is 399 g/mol. The minimum absolute atomic E-state index is 0.0525. The van der Waals surface area contributed by atoms with Crippen molar-refractivity contribution in [3.05, 3.63) is 40.4 Å². The van der Waals surface area contributed by atoms with Gasteiger partial charge < -0.3 is 18.4 Å². The van der Waals surface area contributed by atoms with Crippen LogP contribution < -0.4 is 0 Å². The second kappa shape index (κ2) is 7.82. The molecule has 0 aliphatic carbocycles. The molecule has 1 aliphatic rings. The predicted octanol–water partition coefficient (Wildman–Crippen LogP) is 2.90. The number of amides is 1. The highest BCUT2D eigenvalue weighted by molar-refractivity contribution is 5.91. The van der Waals surface area contributed by atoms with E-state index in [1.807, 2.05) is 38.7 Å². The number of hydrogen-bond acceptors (Lipinski definition) is 8. The zero-order valence-corrected chi connectivity index (χ0v) is 17.2. The minimum atomic E-state index is -0.0525. The third-order valence-corrected chi connectivity index (χ3v) is 5.33. The van der Waals surface area contributed by atoms with Gasteiger partial charge in [-0.15, -0.1) is 0 Å². The summed E-state index contributed by atoms with van der Waals surface area (Å²) in [7, 11) is 0. The van der Waals surface area contributed by atoms with E-state index < -0.39 is 0 Å². The highest BCUT2D eigenvalue weighted by atomic mass is 16.5. The summed E-state index contributed by atoms with van der Waals surface area (Å²) in [6.45, 7) is 11.0. The Morgan fingerprint density at radius 3 is 2.55 bits per heavy atom. The third kappa shape index (κ3) is 3.95. The van der Waals surface area contributed by atoms with Crippen LogP contribution in [0.15, 0.2) is 19.5 Å². The van der Waals surface area contributed by atoms with Gasteiger partial charge in [-0.1, -0.05) is 10.3 Å². The van der Waals surface area contributed by atoms with Crippen molar-refractivity contribution in [1.29, 1.82) is 0 Å². The molecule has 0 spiro atoms. The lowest BCUT2D eigenvalue weighted by molar-refractivity contribution is 0.0727. The lowest BCUT2D eigenvalue weighted by Gasteiger charge is -2.20. The first kappa shape index (κ1) is 19.4. The molecule has 4 heterocycles. The Labute approximate surface area is 168 Å². The Morgan fingerprint density at radius 2 is 1.86 bits per heavy atom. The van der Waals surface area contributed by atoms with Crippen molar-refractivity contribution in [2.24, 2.45) is 0 Å². The Kier molecular flexibility index (Phi) is 5.23. The molecule has 0 atom stereocenters. The van der Waals surface area contributed by atoms with Crippen LogP contribution in [0.2, 0.25) is 0 Å². The fourth-order valence-corrected chi connectivity index (χ4v) is 3.57. The van der Waals surface area contributed by atoms with E-state index >= 15 is 0 Å². The Hall–Kier alpha value is -2.94. The molecule has 0 N–H and O–H groups in total. The van der Waals surface area contributed by atoms with Crippen LogP contribution in [0, 0.1) is 27.7 Å². The monoisotopic (exact) mass is 399 g/mol. The summed E-state index contributed by atoms with van der Waals surface area (Å²) in [6, 6.07) is 1.82. The van der Waals surface area contributed by atoms with Gasteiger partial charge in [-0.25, -0.2) is 0 Å². The molecular formula is C20H25N5O4. The van der Waals surface area contributed by atoms with Crippen LogP contribution in [0.25, 0.3) is 11.5 Å². The van der Waals surface area contributed by atoms with E-state index in [-0.39, 0.29) is 5.91 Å². The zero-order chi connectivity index (χ0) is 20.5. The van der Waals surface area contributed by atoms with Crippen LogP contribution in [0.4, 0.5) is 0 Å². The van der Waals surface area contributed by atoms with Crippen molar-refractivity contribution in [2.45, 2.75) is 40.7 Å². The second-order valence-corrected chi connectivity index (χ2v) is 7.49. The number of hydrogen-bond donors (Lipinski definition) is 0. The molecule has 29 heavy (non-hydrogen) atoms. The second-order valence-electron chi connectivity index (χ2n) is 7.49. The molecule has 0 radical (unpaired) electrons. The van der Waals surface area contributed by atoms with Crippen LogP contribution in [-0.4, -0.2) is 57.2 Å². The van der Waals surface area contributed by atoms with E-state index in [1.54, 1.807) is 0 Å². The molecule has 9 heteroatoms. The highest BCUT2D eigenvalue weighted by Gasteiger charge is 2.24. The minimum Gasteiger partial charge on any atom is -0.456 e. The van der Waals surface area contributed by atoms with Gasteiger partial charge >= 0.3 is 0 Å². The van der Waals surface area contributed by atoms with E-state index in [1.165, 1.54) is 0 Å². The molecule has 1 aliphatic heterocycles. The van der Waals surface area contributed by atoms with Gasteiger partial charge in [0.1, 0.15) is 17.1 Å². The molecule has 0 unspecified atom stereocenters. The summed E-state index contributed by atoms with van der Waals surface area (Å²) in [6.07, 6.45) is 0.874. The Morgan fingerprint density at radius 1 is 1.03 bits per heavy atom. The maximum atomic E-state index is 12.7. The molecule has 154 valence electrons. The van der Waals surface area contributed by atoms with Crippen LogP contribution in [0.1, 0.15) is 45.6 Å². The van der Waals surface area contributed by atoms with Crippen molar-refractivity contribution < 1.29 is 18.3 Å². The van der Waals surface area contributed by atoms with Gasteiger partial charge in [0.15, 0.2) is 11.6 Å². The zero-order valence-electron chi connectivity index (χ0n) is 17.2. The number of carbonyl (C=O) groups excluding carboxylic acids is 1. The summed E-state index contributed by atoms with van der Waals surface area (Å²) < 4.78 is 16.2. The number of aryl methyl sites for hydroxylation is 4. The molecule has 1 saturated heterocycles. The van der Waals surface area contributed by atoms with E-state index in [0.717, 1.165) is 42.1 Å². The summed E-state index contributed by atoms with van der Waals surface area (Å²) in [5, 5.41) is 8.03. The molecule has 3 aromatic heterocycles. The fraction of sp³-hybridized carbons (Fsp3) is 0.500. The molecule has 4 rings (SSSR count). The van der Waals surface area contributed by atoms with Crippen LogP contribution in [0.3, 0.4) is 0 Å². The number of aromatic nitrogens is 3. The molecule has 3 aromatic rings. The summed E-state index contributed by atoms with van der Waals surface area (Å²) >= 11 is 0. The van der Waals surface area contributed by atoms with E-state index in [0.29, 0.717) is 42.9 Å². The van der Waals surface area contributed by atoms with Crippen molar-refractivity contribution >= 4 is 5.91 Å². The SMILES string of the molecule is Cc1cc(C(=O)N2CCCN(Cc3noc(-c4c(C)noc4C)n3)CC2)oc1C. The van der Waals surface area contributed by atoms with Gasteiger partial charge in [-0.3, -0.25) is 9.69 Å². The number of carbonyl (C=O) groups is 1. The van der Waals surface area contributed by atoms with Crippen molar-refractivity contribution in [3.8, 4) is 11.5 Å². The lowest BCUT2D eigenvalue weighted by Crippen LogP contribution is -2.35. The van der Waals surface area contributed by atoms with Crippen molar-refractivity contribution in [3.63, 3.8) is 0 Å². The summed E-state index contributed by atoms with van der Waals surface area (Å²) in [4.78, 5) is 21.3. The van der Waals surface area contributed by atoms with Gasteiger partial charge in [-0.2, -0.15) is 4.98 Å². The van der Waals surface area contributed by atoms with Crippen molar-refractivity contribution in [1.82, 2.24) is 25.1 Å². The number of nitrogens with zero attached hydrogens (tertiary/aromatic N) is 5. The number of furan rings is 1. The van der Waals surface area contributed by atoms with E-state index in [4.69, 9.17) is 13.5 Å². The normalized spacial score (nSPS) is 15.7. The standard InChI is InChI=1S/C20H25N5O4/c1-12-10-16(27-14(12)3)20(26)25-7-5-6-24(8-9-25)11-17-21-19(29-23-17)18-13(2)22-28-15(18)4/h10H,5-9,11H2,1-4H3. The summed E-state index contributed by atoms with van der Waals surface area (Å²) in [5.74, 6) is 2.84. The number of rotatable bonds is 4. The first-order chi connectivity index (χ1) is 13.9. The molecule has 1 amide bonds. The van der Waals surface area contributed by atoms with Crippen LogP contribution in [-0.2, 0) is 6.54 Å². The third-order valence-electron chi connectivity index (χ3n) is 5.33. The van der Waals surface area contributed by atoms with Gasteiger partial charge in [0.05, 0.1) is 12.2 Å². The topological polar surface area (TPSA) is 102 Å². The Bertz CT molecular complexity index is 979. The van der Waals surface area contributed by atoms with Gasteiger partial charge in [0, 0.05) is 26.2 Å². The maximum absolute atomic E-state index is 12.7. The largest absolute Gasteiger partial charge is 0.456 e. The molecule has 0 saturated carbocycles. The lowest BCUT2D eigenvalue weighted by atomic mass is 10.2. The van der Waals surface area contributed by atoms with Crippen LogP contribution in [0.5, 0.6) is 0 Å². The van der Waals surface area contributed by atoms with E-state index in [9.17, 15) is 4.79 Å². The van der Waals surface area contributed by atoms with Crippen LogP contribution >= 0.6 is 0 Å². The first-order valence-electron chi connectivity index (χ1n) is 9.77. The quantitative estimate of drug-likeness (QED) is 0.660. The highest BCUT2D eigenvalue weighted by Crippen LogP contribution is 2.25. The van der Waals surface area contributed by atoms with Gasteiger partial charge in [-0.05, 0) is 45.7 Å². The first-order valence-corrected chi connectivity index (χ1v) is 9.77. The average Bonchev–Trinajstić information content (AvgIpc) is 3.31. The summed E-state index contributed by atoms with van der Waals surface area (Å²) in [5.41, 5.74) is 2.47. The van der Waals surface area contributed by atoms with Gasteiger partial charge in [0.2, 0.25) is 0 Å². The van der Waals surface area contributed by atoms with Crippen molar-refractivity contribution in [2.75, 3.05) is 26.2 Å². The molecular weight excluding hydrogens is 374 g/mol. The smallest absolute Gasteiger partial charge is 0.289 e. The van der Waals surface area contributed by atoms with E-state index in [2.05, 4.69) is 20.2 Å². The predicted molar refractivity (Wildman–Crippen MR) is 103 cm³/mol. The molecule has 0 aromatic carbocycles. The fourth-order valence-electron chi connectivity index (χ4n) is 3.57.